The van der Waals surface area contributed by atoms with Crippen molar-refractivity contribution in [2.24, 2.45) is 5.73 Å². The number of pyridine rings is 1. The van der Waals surface area contributed by atoms with E-state index in [4.69, 9.17) is 5.73 Å². The van der Waals surface area contributed by atoms with E-state index in [1.54, 1.807) is 0 Å². The molecule has 4 nitrogen and oxygen atoms in total. The van der Waals surface area contributed by atoms with Gasteiger partial charge in [-0.25, -0.2) is 4.98 Å². The van der Waals surface area contributed by atoms with Crippen LogP contribution in [0, 0.1) is 0 Å². The Labute approximate surface area is 107 Å². The molecule has 2 heterocycles. The molecule has 0 aliphatic heterocycles. The van der Waals surface area contributed by atoms with Crippen molar-refractivity contribution in [1.82, 2.24) is 14.3 Å². The molecule has 1 saturated carbocycles. The Morgan fingerprint density at radius 1 is 1.39 bits per heavy atom. The van der Waals surface area contributed by atoms with E-state index in [2.05, 4.69) is 20.5 Å². The summed E-state index contributed by atoms with van der Waals surface area (Å²) < 4.78 is 2.08. The van der Waals surface area contributed by atoms with E-state index in [0.717, 1.165) is 37.0 Å². The molecule has 1 aliphatic carbocycles. The average molecular weight is 244 g/mol. The van der Waals surface area contributed by atoms with E-state index in [1.165, 1.54) is 19.3 Å². The van der Waals surface area contributed by atoms with E-state index in [-0.39, 0.29) is 0 Å². The van der Waals surface area contributed by atoms with Crippen LogP contribution < -0.4 is 5.73 Å². The van der Waals surface area contributed by atoms with Gasteiger partial charge in [0.25, 0.3) is 0 Å². The minimum atomic E-state index is 0.721. The van der Waals surface area contributed by atoms with Gasteiger partial charge in [-0.15, -0.1) is 0 Å². The summed E-state index contributed by atoms with van der Waals surface area (Å²) >= 11 is 0. The number of nitrogens with two attached hydrogens (primary N) is 1. The fraction of sp³-hybridized carbons (Fsp3) is 0.500. The Balaban J connectivity index is 1.76. The normalized spacial score (nSPS) is 16.3. The molecule has 0 saturated heterocycles. The zero-order chi connectivity index (χ0) is 12.4. The van der Waals surface area contributed by atoms with E-state index in [0.29, 0.717) is 0 Å². The minimum absolute atomic E-state index is 0.721. The van der Waals surface area contributed by atoms with Crippen LogP contribution in [0.25, 0.3) is 5.65 Å². The predicted octanol–water partition coefficient (Wildman–Crippen LogP) is 1.65. The maximum absolute atomic E-state index is 5.71. The molecule has 96 valence electrons. The van der Waals surface area contributed by atoms with Crippen molar-refractivity contribution in [2.75, 3.05) is 13.1 Å². The molecule has 0 radical (unpaired) electrons. The second-order valence-electron chi connectivity index (χ2n) is 5.04. The van der Waals surface area contributed by atoms with Crippen molar-refractivity contribution in [3.8, 4) is 0 Å². The Hall–Kier alpha value is -1.39. The molecule has 0 bridgehead atoms. The SMILES string of the molecule is NCCN(Cc1cn2ccccc2n1)C1CCC1. The fourth-order valence-corrected chi connectivity index (χ4v) is 2.58. The van der Waals surface area contributed by atoms with Crippen LogP contribution in [0.2, 0.25) is 0 Å². The molecule has 2 aromatic rings. The first kappa shape index (κ1) is 11.7. The lowest BCUT2D eigenvalue weighted by Gasteiger charge is -2.36. The number of imidazole rings is 1. The molecule has 1 fully saturated rings. The van der Waals surface area contributed by atoms with Crippen LogP contribution in [0.3, 0.4) is 0 Å². The van der Waals surface area contributed by atoms with Gasteiger partial charge in [-0.05, 0) is 25.0 Å². The Bertz CT molecular complexity index is 482. The van der Waals surface area contributed by atoms with Gasteiger partial charge in [-0.3, -0.25) is 4.90 Å². The molecular weight excluding hydrogens is 224 g/mol. The van der Waals surface area contributed by atoms with E-state index in [1.807, 2.05) is 24.4 Å². The quantitative estimate of drug-likeness (QED) is 0.870. The van der Waals surface area contributed by atoms with Gasteiger partial charge in [-0.2, -0.15) is 0 Å². The van der Waals surface area contributed by atoms with Crippen molar-refractivity contribution in [1.29, 1.82) is 0 Å². The highest BCUT2D eigenvalue weighted by Gasteiger charge is 2.24. The number of aromatic nitrogens is 2. The topological polar surface area (TPSA) is 46.6 Å². The van der Waals surface area contributed by atoms with Gasteiger partial charge >= 0.3 is 0 Å². The number of nitrogens with zero attached hydrogens (tertiary/aromatic N) is 3. The second-order valence-corrected chi connectivity index (χ2v) is 5.04. The molecule has 3 rings (SSSR count). The molecule has 0 aromatic carbocycles. The Kier molecular flexibility index (Phi) is 3.30. The smallest absolute Gasteiger partial charge is 0.137 e. The van der Waals surface area contributed by atoms with Crippen LogP contribution in [0.4, 0.5) is 0 Å². The molecule has 0 atom stereocenters. The third-order valence-electron chi connectivity index (χ3n) is 3.79. The summed E-state index contributed by atoms with van der Waals surface area (Å²) in [5.74, 6) is 0. The summed E-state index contributed by atoms with van der Waals surface area (Å²) in [6.45, 7) is 2.62. The van der Waals surface area contributed by atoms with Gasteiger partial charge < -0.3 is 10.1 Å². The third-order valence-corrected chi connectivity index (χ3v) is 3.79. The maximum atomic E-state index is 5.71. The molecule has 1 aliphatic rings. The highest BCUT2D eigenvalue weighted by atomic mass is 15.2. The molecule has 0 amide bonds. The molecule has 0 unspecified atom stereocenters. The number of hydrogen-bond acceptors (Lipinski definition) is 3. The monoisotopic (exact) mass is 244 g/mol. The lowest BCUT2D eigenvalue weighted by Crippen LogP contribution is -2.42. The lowest BCUT2D eigenvalue weighted by molar-refractivity contribution is 0.122. The minimum Gasteiger partial charge on any atom is -0.329 e. The maximum Gasteiger partial charge on any atom is 0.137 e. The van der Waals surface area contributed by atoms with E-state index < -0.39 is 0 Å². The summed E-state index contributed by atoms with van der Waals surface area (Å²) in [7, 11) is 0. The van der Waals surface area contributed by atoms with Crippen LogP contribution in [-0.2, 0) is 6.54 Å². The van der Waals surface area contributed by atoms with Crippen molar-refractivity contribution in [3.63, 3.8) is 0 Å². The summed E-state index contributed by atoms with van der Waals surface area (Å²) in [6.07, 6.45) is 8.15. The Morgan fingerprint density at radius 3 is 2.94 bits per heavy atom. The van der Waals surface area contributed by atoms with Crippen molar-refractivity contribution < 1.29 is 0 Å². The van der Waals surface area contributed by atoms with Gasteiger partial charge in [0, 0.05) is 38.1 Å². The van der Waals surface area contributed by atoms with Crippen molar-refractivity contribution in [3.05, 3.63) is 36.3 Å². The molecule has 18 heavy (non-hydrogen) atoms. The molecule has 2 aromatic heterocycles. The third kappa shape index (κ3) is 2.26. The highest BCUT2D eigenvalue weighted by Crippen LogP contribution is 2.25. The first-order valence-electron chi connectivity index (χ1n) is 6.73. The molecule has 4 heteroatoms. The second kappa shape index (κ2) is 5.08. The number of rotatable bonds is 5. The van der Waals surface area contributed by atoms with Gasteiger partial charge in [0.05, 0.1) is 5.69 Å². The lowest BCUT2D eigenvalue weighted by atomic mass is 9.91. The van der Waals surface area contributed by atoms with Gasteiger partial charge in [0.1, 0.15) is 5.65 Å². The molecule has 2 N–H and O–H groups in total. The summed E-state index contributed by atoms with van der Waals surface area (Å²) in [4.78, 5) is 7.13. The zero-order valence-electron chi connectivity index (χ0n) is 10.6. The van der Waals surface area contributed by atoms with Gasteiger partial charge in [0.2, 0.25) is 0 Å². The average Bonchev–Trinajstić information content (AvgIpc) is 2.69. The van der Waals surface area contributed by atoms with Crippen LogP contribution in [0.15, 0.2) is 30.6 Å². The van der Waals surface area contributed by atoms with Gasteiger partial charge in [0.15, 0.2) is 0 Å². The largest absolute Gasteiger partial charge is 0.329 e. The Morgan fingerprint density at radius 2 is 2.28 bits per heavy atom. The summed E-state index contributed by atoms with van der Waals surface area (Å²) in [6, 6.07) is 6.82. The standard InChI is InChI=1S/C14H20N4/c15-7-9-17(13-4-3-5-13)10-12-11-18-8-2-1-6-14(18)16-12/h1-2,6,8,11,13H,3-5,7,9-10,15H2. The van der Waals surface area contributed by atoms with E-state index >= 15 is 0 Å². The van der Waals surface area contributed by atoms with Crippen LogP contribution in [0.5, 0.6) is 0 Å². The molecular formula is C14H20N4. The van der Waals surface area contributed by atoms with E-state index in [9.17, 15) is 0 Å². The first-order valence-corrected chi connectivity index (χ1v) is 6.73. The fourth-order valence-electron chi connectivity index (χ4n) is 2.58. The van der Waals surface area contributed by atoms with Crippen molar-refractivity contribution in [2.45, 2.75) is 31.8 Å². The number of fused-ring (bicyclic) bond motifs is 1. The first-order chi connectivity index (χ1) is 8.86. The summed E-state index contributed by atoms with van der Waals surface area (Å²) in [5, 5.41) is 0. The van der Waals surface area contributed by atoms with Crippen LogP contribution in [-0.4, -0.2) is 33.4 Å². The predicted molar refractivity (Wildman–Crippen MR) is 72.3 cm³/mol. The van der Waals surface area contributed by atoms with Crippen LogP contribution >= 0.6 is 0 Å². The molecule has 0 spiro atoms. The number of hydrogen-bond donors (Lipinski definition) is 1. The van der Waals surface area contributed by atoms with Crippen LogP contribution in [0.1, 0.15) is 25.0 Å². The highest BCUT2D eigenvalue weighted by molar-refractivity contribution is 5.39. The van der Waals surface area contributed by atoms with Crippen molar-refractivity contribution >= 4 is 5.65 Å². The van der Waals surface area contributed by atoms with Gasteiger partial charge in [-0.1, -0.05) is 12.5 Å². The summed E-state index contributed by atoms with van der Waals surface area (Å²) in [5.41, 5.74) is 7.87. The zero-order valence-corrected chi connectivity index (χ0v) is 10.6.